The molecule has 0 spiro atoms. The third-order valence-corrected chi connectivity index (χ3v) is 3.23. The molecule has 1 fully saturated rings. The molecular formula is C13H24N2O3. The molecule has 3 atom stereocenters. The van der Waals surface area contributed by atoms with Crippen LogP contribution in [-0.4, -0.2) is 48.1 Å². The average Bonchev–Trinajstić information content (AvgIpc) is 2.32. The van der Waals surface area contributed by atoms with Gasteiger partial charge in [-0.15, -0.1) is 0 Å². The Morgan fingerprint density at radius 2 is 2.06 bits per heavy atom. The van der Waals surface area contributed by atoms with Crippen molar-refractivity contribution in [1.29, 1.82) is 0 Å². The minimum Gasteiger partial charge on any atom is -0.377 e. The van der Waals surface area contributed by atoms with Crippen molar-refractivity contribution in [3.63, 3.8) is 0 Å². The molecule has 1 rings (SSSR count). The summed E-state index contributed by atoms with van der Waals surface area (Å²) in [4.78, 5) is 25.7. The van der Waals surface area contributed by atoms with Gasteiger partial charge >= 0.3 is 0 Å². The molecule has 0 aromatic carbocycles. The zero-order chi connectivity index (χ0) is 13.7. The summed E-state index contributed by atoms with van der Waals surface area (Å²) in [6, 6.07) is -0.777. The minimum absolute atomic E-state index is 0.00973. The Morgan fingerprint density at radius 3 is 2.61 bits per heavy atom. The first-order chi connectivity index (χ1) is 8.51. The number of ether oxygens (including phenoxy) is 1. The Labute approximate surface area is 109 Å². The lowest BCUT2D eigenvalue weighted by Crippen LogP contribution is -2.63. The van der Waals surface area contributed by atoms with Crippen molar-refractivity contribution in [3.05, 3.63) is 0 Å². The summed E-state index contributed by atoms with van der Waals surface area (Å²) in [6.45, 7) is 8.69. The molecule has 0 radical (unpaired) electrons. The monoisotopic (exact) mass is 256 g/mol. The lowest BCUT2D eigenvalue weighted by atomic mass is 10.0. The van der Waals surface area contributed by atoms with Crippen LogP contribution in [0.4, 0.5) is 0 Å². The van der Waals surface area contributed by atoms with E-state index in [2.05, 4.69) is 5.32 Å². The summed E-state index contributed by atoms with van der Waals surface area (Å²) in [5.74, 6) is -0.0627. The first kappa shape index (κ1) is 15.0. The van der Waals surface area contributed by atoms with Gasteiger partial charge in [0.1, 0.15) is 12.1 Å². The fourth-order valence-corrected chi connectivity index (χ4v) is 2.23. The molecule has 0 aromatic heterocycles. The maximum absolute atomic E-state index is 12.3. The molecule has 1 aliphatic heterocycles. The smallest absolute Gasteiger partial charge is 0.245 e. The number of rotatable bonds is 6. The van der Waals surface area contributed by atoms with Crippen LogP contribution in [0.3, 0.4) is 0 Å². The number of piperazine rings is 1. The van der Waals surface area contributed by atoms with Gasteiger partial charge in [-0.1, -0.05) is 13.3 Å². The molecule has 1 heterocycles. The van der Waals surface area contributed by atoms with Gasteiger partial charge < -0.3 is 15.0 Å². The van der Waals surface area contributed by atoms with Crippen LogP contribution in [0.15, 0.2) is 0 Å². The zero-order valence-electron chi connectivity index (χ0n) is 11.7. The topological polar surface area (TPSA) is 58.6 Å². The molecule has 0 bridgehead atoms. The van der Waals surface area contributed by atoms with Crippen molar-refractivity contribution in [1.82, 2.24) is 10.2 Å². The molecule has 1 saturated heterocycles. The second-order valence-corrected chi connectivity index (χ2v) is 4.78. The Bertz CT molecular complexity index is 307. The van der Waals surface area contributed by atoms with E-state index < -0.39 is 6.04 Å². The standard InChI is InChI=1S/C13H24N2O3/c1-5-7-11-13(17)15(8-9(3)18-6-2)10(4)12(16)14-11/h9-11H,5-8H2,1-4H3,(H,14,16). The van der Waals surface area contributed by atoms with E-state index >= 15 is 0 Å². The first-order valence-corrected chi connectivity index (χ1v) is 6.73. The van der Waals surface area contributed by atoms with E-state index in [1.54, 1.807) is 11.8 Å². The molecule has 1 N–H and O–H groups in total. The molecule has 18 heavy (non-hydrogen) atoms. The number of hydrogen-bond donors (Lipinski definition) is 1. The number of carbonyl (C=O) groups excluding carboxylic acids is 2. The molecule has 3 unspecified atom stereocenters. The molecule has 0 aliphatic carbocycles. The zero-order valence-corrected chi connectivity index (χ0v) is 11.7. The molecule has 0 aromatic rings. The van der Waals surface area contributed by atoms with Crippen molar-refractivity contribution < 1.29 is 14.3 Å². The highest BCUT2D eigenvalue weighted by molar-refractivity contribution is 5.96. The number of amides is 2. The molecule has 2 amide bonds. The van der Waals surface area contributed by atoms with Crippen LogP contribution in [0.2, 0.25) is 0 Å². The predicted octanol–water partition coefficient (Wildman–Crippen LogP) is 0.927. The van der Waals surface area contributed by atoms with Gasteiger partial charge in [-0.25, -0.2) is 0 Å². The predicted molar refractivity (Wildman–Crippen MR) is 69.1 cm³/mol. The summed E-state index contributed by atoms with van der Waals surface area (Å²) < 4.78 is 5.45. The van der Waals surface area contributed by atoms with Crippen molar-refractivity contribution in [2.24, 2.45) is 0 Å². The van der Waals surface area contributed by atoms with Crippen LogP contribution in [-0.2, 0) is 14.3 Å². The number of carbonyl (C=O) groups is 2. The van der Waals surface area contributed by atoms with E-state index in [0.717, 1.165) is 6.42 Å². The van der Waals surface area contributed by atoms with Crippen LogP contribution in [0.25, 0.3) is 0 Å². The fraction of sp³-hybridized carbons (Fsp3) is 0.846. The summed E-state index contributed by atoms with van der Waals surface area (Å²) in [6.07, 6.45) is 1.52. The van der Waals surface area contributed by atoms with Crippen LogP contribution in [0.5, 0.6) is 0 Å². The van der Waals surface area contributed by atoms with E-state index in [1.165, 1.54) is 0 Å². The molecule has 0 saturated carbocycles. The third kappa shape index (κ3) is 3.45. The van der Waals surface area contributed by atoms with Gasteiger partial charge in [0.15, 0.2) is 0 Å². The number of hydrogen-bond acceptors (Lipinski definition) is 3. The highest BCUT2D eigenvalue weighted by atomic mass is 16.5. The molecular weight excluding hydrogens is 232 g/mol. The molecule has 1 aliphatic rings. The van der Waals surface area contributed by atoms with Gasteiger partial charge in [0.2, 0.25) is 11.8 Å². The second-order valence-electron chi connectivity index (χ2n) is 4.78. The van der Waals surface area contributed by atoms with E-state index in [9.17, 15) is 9.59 Å². The number of nitrogens with zero attached hydrogens (tertiary/aromatic N) is 1. The Morgan fingerprint density at radius 1 is 1.39 bits per heavy atom. The Kier molecular flexibility index (Phi) is 5.59. The summed E-state index contributed by atoms with van der Waals surface area (Å²) in [7, 11) is 0. The molecule has 5 heteroatoms. The van der Waals surface area contributed by atoms with E-state index in [1.807, 2.05) is 20.8 Å². The van der Waals surface area contributed by atoms with Gasteiger partial charge in [0.05, 0.1) is 6.10 Å². The summed E-state index contributed by atoms with van der Waals surface area (Å²) in [5.41, 5.74) is 0. The quantitative estimate of drug-likeness (QED) is 0.769. The Hall–Kier alpha value is -1.10. The normalized spacial score (nSPS) is 26.1. The summed E-state index contributed by atoms with van der Waals surface area (Å²) >= 11 is 0. The third-order valence-electron chi connectivity index (χ3n) is 3.23. The van der Waals surface area contributed by atoms with Crippen LogP contribution in [0, 0.1) is 0 Å². The first-order valence-electron chi connectivity index (χ1n) is 6.73. The SMILES string of the molecule is CCCC1NC(=O)C(C)N(CC(C)OCC)C1=O. The van der Waals surface area contributed by atoms with Gasteiger partial charge in [-0.2, -0.15) is 0 Å². The van der Waals surface area contributed by atoms with Crippen molar-refractivity contribution >= 4 is 11.8 Å². The minimum atomic E-state index is -0.409. The van der Waals surface area contributed by atoms with Gasteiger partial charge in [-0.05, 0) is 27.2 Å². The average molecular weight is 256 g/mol. The Balaban J connectivity index is 2.72. The molecule has 5 nitrogen and oxygen atoms in total. The largest absolute Gasteiger partial charge is 0.377 e. The van der Waals surface area contributed by atoms with Gasteiger partial charge in [-0.3, -0.25) is 9.59 Å². The van der Waals surface area contributed by atoms with Gasteiger partial charge in [0, 0.05) is 13.2 Å². The lowest BCUT2D eigenvalue weighted by molar-refractivity contribution is -0.150. The van der Waals surface area contributed by atoms with Crippen LogP contribution >= 0.6 is 0 Å². The van der Waals surface area contributed by atoms with Gasteiger partial charge in [0.25, 0.3) is 0 Å². The van der Waals surface area contributed by atoms with E-state index in [4.69, 9.17) is 4.74 Å². The van der Waals surface area contributed by atoms with Crippen LogP contribution < -0.4 is 5.32 Å². The second kappa shape index (κ2) is 6.73. The van der Waals surface area contributed by atoms with E-state index in [0.29, 0.717) is 19.6 Å². The van der Waals surface area contributed by atoms with Crippen molar-refractivity contribution in [2.45, 2.75) is 58.7 Å². The highest BCUT2D eigenvalue weighted by Crippen LogP contribution is 2.14. The van der Waals surface area contributed by atoms with E-state index in [-0.39, 0.29) is 24.0 Å². The summed E-state index contributed by atoms with van der Waals surface area (Å²) in [5, 5.41) is 2.78. The fourth-order valence-electron chi connectivity index (χ4n) is 2.23. The highest BCUT2D eigenvalue weighted by Gasteiger charge is 2.37. The lowest BCUT2D eigenvalue weighted by Gasteiger charge is -2.38. The maximum atomic E-state index is 12.3. The molecule has 104 valence electrons. The van der Waals surface area contributed by atoms with Crippen LogP contribution in [0.1, 0.15) is 40.5 Å². The number of nitrogens with one attached hydrogen (secondary N) is 1. The van der Waals surface area contributed by atoms with Crippen molar-refractivity contribution in [2.75, 3.05) is 13.2 Å². The maximum Gasteiger partial charge on any atom is 0.245 e. The van der Waals surface area contributed by atoms with Crippen molar-refractivity contribution in [3.8, 4) is 0 Å².